The first kappa shape index (κ1) is 31.6. The third-order valence-corrected chi connectivity index (χ3v) is 9.70. The fourth-order valence-electron chi connectivity index (χ4n) is 7.57. The summed E-state index contributed by atoms with van der Waals surface area (Å²) in [5, 5.41) is 0. The maximum absolute atomic E-state index is 13.8. The quantitative estimate of drug-likeness (QED) is 0.301. The minimum atomic E-state index is -1.43. The zero-order valence-corrected chi connectivity index (χ0v) is 26.1. The molecule has 44 heavy (non-hydrogen) atoms. The average molecular weight is 608 g/mol. The van der Waals surface area contributed by atoms with Crippen LogP contribution < -0.4 is 0 Å². The van der Waals surface area contributed by atoms with E-state index in [9.17, 15) is 19.2 Å². The van der Waals surface area contributed by atoms with Crippen molar-refractivity contribution in [2.75, 3.05) is 6.61 Å². The molecule has 2 aromatic rings. The molecule has 10 nitrogen and oxygen atoms in total. The van der Waals surface area contributed by atoms with Crippen molar-refractivity contribution in [1.82, 2.24) is 4.98 Å². The van der Waals surface area contributed by atoms with Crippen molar-refractivity contribution >= 4 is 23.9 Å². The molecule has 2 saturated carbocycles. The Hall–Kier alpha value is -3.79. The third-order valence-electron chi connectivity index (χ3n) is 9.70. The molecule has 2 heterocycles. The summed E-state index contributed by atoms with van der Waals surface area (Å²) in [6.07, 6.45) is 1.35. The van der Waals surface area contributed by atoms with Gasteiger partial charge in [-0.15, -0.1) is 0 Å². The van der Waals surface area contributed by atoms with Crippen LogP contribution in [-0.2, 0) is 33.3 Å². The Labute approximate surface area is 257 Å². The predicted molar refractivity (Wildman–Crippen MR) is 157 cm³/mol. The maximum Gasteiger partial charge on any atom is 0.339 e. The standard InChI is InChI=1S/C34H41NO9/c1-20(2)29(37)42-27-25-17-34(44-32(25,5)6)21(3)14-15-26(41-22(4)36)33(34,19-40-30(38)24-13-10-16-35-18-24)28(27)43-31(39)23-11-8-7-9-12-23/h7-13,16,18,20-21,25-28H,14-15,17,19H2,1-6H3/t21-,25-,26?,27?,28?,33-,34-/m0/s1. The van der Waals surface area contributed by atoms with E-state index in [0.29, 0.717) is 24.8 Å². The first-order valence-corrected chi connectivity index (χ1v) is 15.2. The van der Waals surface area contributed by atoms with Gasteiger partial charge in [-0.05, 0) is 63.3 Å². The summed E-state index contributed by atoms with van der Waals surface area (Å²) < 4.78 is 31.8. The predicted octanol–water partition coefficient (Wildman–Crippen LogP) is 4.95. The number of carbonyl (C=O) groups is 4. The van der Waals surface area contributed by atoms with Crippen LogP contribution in [0.4, 0.5) is 0 Å². The summed E-state index contributed by atoms with van der Waals surface area (Å²) in [5.74, 6) is -3.26. The van der Waals surface area contributed by atoms with Gasteiger partial charge in [0.2, 0.25) is 0 Å². The zero-order valence-electron chi connectivity index (χ0n) is 26.1. The minimum Gasteiger partial charge on any atom is -0.462 e. The second-order valence-corrected chi connectivity index (χ2v) is 13.1. The molecule has 7 atom stereocenters. The van der Waals surface area contributed by atoms with Crippen molar-refractivity contribution in [1.29, 1.82) is 0 Å². The number of hydrogen-bond acceptors (Lipinski definition) is 10. The van der Waals surface area contributed by atoms with Crippen LogP contribution in [0.5, 0.6) is 0 Å². The van der Waals surface area contributed by atoms with Gasteiger partial charge in [-0.25, -0.2) is 9.59 Å². The van der Waals surface area contributed by atoms with Gasteiger partial charge in [0.1, 0.15) is 24.2 Å². The van der Waals surface area contributed by atoms with E-state index in [-0.39, 0.29) is 24.0 Å². The van der Waals surface area contributed by atoms with Gasteiger partial charge in [0, 0.05) is 25.2 Å². The highest BCUT2D eigenvalue weighted by Crippen LogP contribution is 2.67. The molecule has 3 unspecified atom stereocenters. The van der Waals surface area contributed by atoms with Crippen LogP contribution in [-0.4, -0.2) is 65.0 Å². The first-order chi connectivity index (χ1) is 20.8. The van der Waals surface area contributed by atoms with E-state index in [1.54, 1.807) is 62.5 Å². The van der Waals surface area contributed by atoms with Gasteiger partial charge in [-0.3, -0.25) is 14.6 Å². The van der Waals surface area contributed by atoms with E-state index >= 15 is 0 Å². The van der Waals surface area contributed by atoms with Crippen LogP contribution in [0.2, 0.25) is 0 Å². The van der Waals surface area contributed by atoms with Crippen molar-refractivity contribution in [2.45, 2.75) is 90.3 Å². The van der Waals surface area contributed by atoms with Gasteiger partial charge in [-0.1, -0.05) is 39.0 Å². The molecule has 1 aliphatic heterocycles. The molecule has 3 fully saturated rings. The number of aromatic nitrogens is 1. The van der Waals surface area contributed by atoms with Crippen LogP contribution in [0.25, 0.3) is 0 Å². The van der Waals surface area contributed by atoms with Crippen LogP contribution in [0.3, 0.4) is 0 Å². The van der Waals surface area contributed by atoms with Crippen molar-refractivity contribution in [3.63, 3.8) is 0 Å². The van der Waals surface area contributed by atoms with E-state index in [2.05, 4.69) is 11.9 Å². The largest absolute Gasteiger partial charge is 0.462 e. The van der Waals surface area contributed by atoms with E-state index in [4.69, 9.17) is 23.7 Å². The van der Waals surface area contributed by atoms with Crippen LogP contribution in [0, 0.1) is 23.2 Å². The molecular formula is C34H41NO9. The van der Waals surface area contributed by atoms with E-state index < -0.39 is 64.7 Å². The number of pyridine rings is 1. The number of hydrogen-bond donors (Lipinski definition) is 0. The molecule has 2 bridgehead atoms. The van der Waals surface area contributed by atoms with Crippen molar-refractivity contribution in [3.8, 4) is 0 Å². The molecule has 1 spiro atoms. The number of rotatable bonds is 8. The number of benzene rings is 1. The number of nitrogens with zero attached hydrogens (tertiary/aromatic N) is 1. The Kier molecular flexibility index (Phi) is 8.59. The Morgan fingerprint density at radius 2 is 1.66 bits per heavy atom. The van der Waals surface area contributed by atoms with Gasteiger partial charge in [0.05, 0.1) is 28.2 Å². The second-order valence-electron chi connectivity index (χ2n) is 13.1. The fraction of sp³-hybridized carbons (Fsp3) is 0.559. The second kappa shape index (κ2) is 12.0. The fourth-order valence-corrected chi connectivity index (χ4v) is 7.57. The van der Waals surface area contributed by atoms with Crippen molar-refractivity contribution in [2.24, 2.45) is 23.2 Å². The topological polar surface area (TPSA) is 127 Å². The number of carbonyl (C=O) groups excluding carboxylic acids is 4. The molecule has 0 amide bonds. The highest BCUT2D eigenvalue weighted by molar-refractivity contribution is 5.90. The molecule has 236 valence electrons. The average Bonchev–Trinajstić information content (AvgIpc) is 3.25. The number of fused-ring (bicyclic) bond motifs is 1. The highest BCUT2D eigenvalue weighted by atomic mass is 16.6. The first-order valence-electron chi connectivity index (χ1n) is 15.2. The molecule has 1 saturated heterocycles. The molecule has 0 N–H and O–H groups in total. The van der Waals surface area contributed by atoms with Gasteiger partial charge in [0.25, 0.3) is 0 Å². The van der Waals surface area contributed by atoms with Crippen molar-refractivity contribution < 1.29 is 42.9 Å². The highest BCUT2D eigenvalue weighted by Gasteiger charge is 2.79. The molecule has 3 aliphatic rings. The van der Waals surface area contributed by atoms with Crippen LogP contribution in [0.1, 0.15) is 81.5 Å². The number of esters is 4. The summed E-state index contributed by atoms with van der Waals surface area (Å²) in [4.78, 5) is 57.1. The maximum atomic E-state index is 13.8. The summed E-state index contributed by atoms with van der Waals surface area (Å²) in [5.41, 5.74) is -2.79. The number of ether oxygens (including phenoxy) is 5. The zero-order chi connectivity index (χ0) is 31.9. The van der Waals surface area contributed by atoms with Gasteiger partial charge >= 0.3 is 23.9 Å². The Morgan fingerprint density at radius 3 is 2.30 bits per heavy atom. The van der Waals surface area contributed by atoms with Crippen molar-refractivity contribution in [3.05, 3.63) is 66.0 Å². The Bertz CT molecular complexity index is 1390. The monoisotopic (exact) mass is 607 g/mol. The molecule has 5 rings (SSSR count). The molecule has 1 aromatic heterocycles. The van der Waals surface area contributed by atoms with E-state index in [1.807, 2.05) is 13.8 Å². The van der Waals surface area contributed by atoms with Gasteiger partial charge in [0.15, 0.2) is 6.10 Å². The molecule has 0 radical (unpaired) electrons. The lowest BCUT2D eigenvalue weighted by molar-refractivity contribution is -0.287. The summed E-state index contributed by atoms with van der Waals surface area (Å²) in [7, 11) is 0. The van der Waals surface area contributed by atoms with Crippen LogP contribution >= 0.6 is 0 Å². The lowest BCUT2D eigenvalue weighted by Gasteiger charge is -2.61. The summed E-state index contributed by atoms with van der Waals surface area (Å²) >= 11 is 0. The van der Waals surface area contributed by atoms with Gasteiger partial charge < -0.3 is 23.7 Å². The van der Waals surface area contributed by atoms with E-state index in [0.717, 1.165) is 0 Å². The van der Waals surface area contributed by atoms with E-state index in [1.165, 1.54) is 13.1 Å². The SMILES string of the molecule is CC(=O)OC1CC[C@H](C)[C@@]23C[C@@H](C(OC(=O)C(C)C)C(OC(=O)c4ccccc4)[C@]12COC(=O)c1cccnc1)C(C)(C)O3. The summed E-state index contributed by atoms with van der Waals surface area (Å²) in [6, 6.07) is 11.7. The Morgan fingerprint density at radius 1 is 0.955 bits per heavy atom. The van der Waals surface area contributed by atoms with Gasteiger partial charge in [-0.2, -0.15) is 0 Å². The molecule has 2 aliphatic carbocycles. The molecule has 1 aromatic carbocycles. The lowest BCUT2D eigenvalue weighted by Crippen LogP contribution is -2.74. The third kappa shape index (κ3) is 5.38. The molecular weight excluding hydrogens is 566 g/mol. The molecule has 10 heteroatoms. The summed E-state index contributed by atoms with van der Waals surface area (Å²) in [6.45, 7) is 10.4. The normalized spacial score (nSPS) is 31.8. The smallest absolute Gasteiger partial charge is 0.339 e. The van der Waals surface area contributed by atoms with Crippen LogP contribution in [0.15, 0.2) is 54.9 Å². The minimum absolute atomic E-state index is 0.115. The Balaban J connectivity index is 1.71. The lowest BCUT2D eigenvalue weighted by atomic mass is 9.49.